The summed E-state index contributed by atoms with van der Waals surface area (Å²) < 4.78 is 32.9. The van der Waals surface area contributed by atoms with Crippen LogP contribution in [0.2, 0.25) is 0 Å². The van der Waals surface area contributed by atoms with Gasteiger partial charge in [0.1, 0.15) is 24.4 Å². The van der Waals surface area contributed by atoms with E-state index in [1.54, 1.807) is 68.4 Å². The summed E-state index contributed by atoms with van der Waals surface area (Å²) >= 11 is 0. The SMILES string of the molecule is COc1ccnc(C(=O)NC2COC(=O)[C@H](Cc3ccccc3)C(OC(=O)C(C)C)[C@H](C)OC2=O)c1OC(=O)COc1ccccc1. The van der Waals surface area contributed by atoms with Gasteiger partial charge in [0.2, 0.25) is 5.75 Å². The van der Waals surface area contributed by atoms with E-state index >= 15 is 0 Å². The first-order chi connectivity index (χ1) is 22.6. The van der Waals surface area contributed by atoms with Crippen molar-refractivity contribution in [1.29, 1.82) is 0 Å². The zero-order chi connectivity index (χ0) is 33.9. The summed E-state index contributed by atoms with van der Waals surface area (Å²) in [4.78, 5) is 69.6. The van der Waals surface area contributed by atoms with Gasteiger partial charge in [-0.05, 0) is 31.0 Å². The van der Waals surface area contributed by atoms with Gasteiger partial charge in [0.25, 0.3) is 5.91 Å². The average Bonchev–Trinajstić information content (AvgIpc) is 3.10. The van der Waals surface area contributed by atoms with Crippen LogP contribution in [-0.2, 0) is 39.8 Å². The van der Waals surface area contributed by atoms with E-state index < -0.39 is 78.8 Å². The van der Waals surface area contributed by atoms with Gasteiger partial charge in [0, 0.05) is 12.3 Å². The van der Waals surface area contributed by atoms with Crippen LogP contribution in [0.3, 0.4) is 0 Å². The van der Waals surface area contributed by atoms with Crippen LogP contribution in [0.15, 0.2) is 72.9 Å². The molecule has 0 saturated carbocycles. The van der Waals surface area contributed by atoms with Crippen LogP contribution in [0.25, 0.3) is 0 Å². The Bertz CT molecular complexity index is 1560. The Morgan fingerprint density at radius 3 is 2.32 bits per heavy atom. The number of cyclic esters (lactones) is 2. The second-order valence-corrected chi connectivity index (χ2v) is 10.9. The fraction of sp³-hybridized carbons (Fsp3) is 0.353. The van der Waals surface area contributed by atoms with Gasteiger partial charge in [0.05, 0.1) is 13.0 Å². The van der Waals surface area contributed by atoms with Gasteiger partial charge < -0.3 is 33.7 Å². The van der Waals surface area contributed by atoms with Gasteiger partial charge in [-0.3, -0.25) is 14.4 Å². The molecule has 0 bridgehead atoms. The molecule has 0 aliphatic carbocycles. The van der Waals surface area contributed by atoms with Crippen molar-refractivity contribution in [3.63, 3.8) is 0 Å². The van der Waals surface area contributed by atoms with Crippen LogP contribution in [0.4, 0.5) is 0 Å². The second kappa shape index (κ2) is 16.2. The molecule has 2 heterocycles. The summed E-state index contributed by atoms with van der Waals surface area (Å²) in [6.07, 6.45) is -0.901. The fourth-order valence-electron chi connectivity index (χ4n) is 4.63. The lowest BCUT2D eigenvalue weighted by atomic mass is 9.91. The maximum absolute atomic E-state index is 13.5. The van der Waals surface area contributed by atoms with Crippen molar-refractivity contribution >= 4 is 29.8 Å². The molecule has 47 heavy (non-hydrogen) atoms. The highest BCUT2D eigenvalue weighted by molar-refractivity contribution is 5.99. The van der Waals surface area contributed by atoms with Gasteiger partial charge in [-0.25, -0.2) is 14.6 Å². The monoisotopic (exact) mass is 648 g/mol. The van der Waals surface area contributed by atoms with Gasteiger partial charge >= 0.3 is 23.9 Å². The number of esters is 4. The Morgan fingerprint density at radius 1 is 0.979 bits per heavy atom. The molecule has 13 heteroatoms. The van der Waals surface area contributed by atoms with Crippen LogP contribution in [0.1, 0.15) is 36.8 Å². The Hall–Kier alpha value is -5.46. The number of ether oxygens (including phenoxy) is 6. The van der Waals surface area contributed by atoms with Crippen molar-refractivity contribution in [2.75, 3.05) is 20.3 Å². The van der Waals surface area contributed by atoms with E-state index in [9.17, 15) is 24.0 Å². The molecule has 1 saturated heterocycles. The number of carbonyl (C=O) groups is 5. The standard InChI is InChI=1S/C34H36N2O11/c1-20(2)32(39)47-29-21(3)45-34(41)25(18-44-33(40)24(29)17-22-11-7-5-8-12-22)36-31(38)28-30(26(42-4)15-16-35-28)46-27(37)19-43-23-13-9-6-10-14-23/h5-16,20-21,24-25,29H,17-19H2,1-4H3,(H,36,38)/t21-,24+,25?,29?/m0/s1. The van der Waals surface area contributed by atoms with Crippen molar-refractivity contribution in [1.82, 2.24) is 10.3 Å². The molecular formula is C34H36N2O11. The van der Waals surface area contributed by atoms with Crippen LogP contribution in [0, 0.1) is 11.8 Å². The largest absolute Gasteiger partial charge is 0.493 e. The Labute approximate surface area is 271 Å². The van der Waals surface area contributed by atoms with Crippen molar-refractivity contribution in [3.8, 4) is 17.2 Å². The quantitative estimate of drug-likeness (QED) is 0.239. The molecule has 1 aliphatic rings. The Balaban J connectivity index is 1.54. The number of nitrogens with one attached hydrogen (secondary N) is 1. The molecule has 1 fully saturated rings. The van der Waals surface area contributed by atoms with Crippen LogP contribution in [-0.4, -0.2) is 73.3 Å². The van der Waals surface area contributed by atoms with Crippen molar-refractivity contribution in [2.45, 2.75) is 45.4 Å². The third kappa shape index (κ3) is 9.28. The summed E-state index contributed by atoms with van der Waals surface area (Å²) in [5.41, 5.74) is 0.373. The third-order valence-electron chi connectivity index (χ3n) is 7.09. The van der Waals surface area contributed by atoms with Crippen LogP contribution < -0.4 is 19.5 Å². The summed E-state index contributed by atoms with van der Waals surface area (Å²) in [7, 11) is 1.31. The minimum absolute atomic E-state index is 0.00821. The van der Waals surface area contributed by atoms with Crippen molar-refractivity contribution in [3.05, 3.63) is 84.2 Å². The normalized spacial score (nSPS) is 19.6. The molecule has 1 aromatic heterocycles. The number of benzene rings is 2. The minimum Gasteiger partial charge on any atom is -0.493 e. The van der Waals surface area contributed by atoms with Crippen LogP contribution in [0.5, 0.6) is 17.2 Å². The highest BCUT2D eigenvalue weighted by Crippen LogP contribution is 2.30. The number of para-hydroxylation sites is 1. The average molecular weight is 649 g/mol. The molecule has 0 radical (unpaired) electrons. The molecule has 2 aromatic carbocycles. The molecule has 248 valence electrons. The molecule has 3 aromatic rings. The lowest BCUT2D eigenvalue weighted by Crippen LogP contribution is -2.47. The molecule has 1 aliphatic heterocycles. The smallest absolute Gasteiger partial charge is 0.349 e. The van der Waals surface area contributed by atoms with E-state index in [1.807, 2.05) is 6.07 Å². The summed E-state index contributed by atoms with van der Waals surface area (Å²) in [6, 6.07) is 17.5. The molecular weight excluding hydrogens is 612 g/mol. The number of amides is 1. The van der Waals surface area contributed by atoms with E-state index in [1.165, 1.54) is 26.3 Å². The topological polar surface area (TPSA) is 166 Å². The molecule has 2 unspecified atom stereocenters. The summed E-state index contributed by atoms with van der Waals surface area (Å²) in [6.45, 7) is 3.68. The number of carbonyl (C=O) groups excluding carboxylic acids is 5. The number of aromatic nitrogens is 1. The van der Waals surface area contributed by atoms with E-state index in [4.69, 9.17) is 28.4 Å². The van der Waals surface area contributed by atoms with Gasteiger partial charge in [-0.1, -0.05) is 62.4 Å². The number of methoxy groups -OCH3 is 1. The summed E-state index contributed by atoms with van der Waals surface area (Å²) in [5, 5.41) is 2.44. The summed E-state index contributed by atoms with van der Waals surface area (Å²) in [5.74, 6) is -5.54. The zero-order valence-electron chi connectivity index (χ0n) is 26.4. The number of hydrogen-bond donors (Lipinski definition) is 1. The number of nitrogens with zero attached hydrogens (tertiary/aromatic N) is 1. The Morgan fingerprint density at radius 2 is 1.66 bits per heavy atom. The predicted octanol–water partition coefficient (Wildman–Crippen LogP) is 3.09. The number of hydrogen-bond acceptors (Lipinski definition) is 12. The predicted molar refractivity (Wildman–Crippen MR) is 164 cm³/mol. The fourth-order valence-corrected chi connectivity index (χ4v) is 4.63. The van der Waals surface area contributed by atoms with Crippen LogP contribution >= 0.6 is 0 Å². The van der Waals surface area contributed by atoms with E-state index in [-0.39, 0.29) is 17.9 Å². The zero-order valence-corrected chi connectivity index (χ0v) is 26.4. The molecule has 1 amide bonds. The van der Waals surface area contributed by atoms with Crippen molar-refractivity contribution in [2.24, 2.45) is 11.8 Å². The van der Waals surface area contributed by atoms with Crippen molar-refractivity contribution < 1.29 is 52.4 Å². The molecule has 4 atom stereocenters. The second-order valence-electron chi connectivity index (χ2n) is 10.9. The Kier molecular flexibility index (Phi) is 11.9. The first kappa shape index (κ1) is 34.4. The van der Waals surface area contributed by atoms with Gasteiger partial charge in [-0.2, -0.15) is 0 Å². The van der Waals surface area contributed by atoms with E-state index in [0.29, 0.717) is 5.75 Å². The highest BCUT2D eigenvalue weighted by Gasteiger charge is 2.42. The molecule has 4 rings (SSSR count). The lowest BCUT2D eigenvalue weighted by Gasteiger charge is -2.29. The lowest BCUT2D eigenvalue weighted by molar-refractivity contribution is -0.176. The number of rotatable bonds is 11. The first-order valence-electron chi connectivity index (χ1n) is 14.9. The highest BCUT2D eigenvalue weighted by atomic mass is 16.6. The molecule has 1 N–H and O–H groups in total. The third-order valence-corrected chi connectivity index (χ3v) is 7.09. The van der Waals surface area contributed by atoms with E-state index in [0.717, 1.165) is 5.56 Å². The molecule has 13 nitrogen and oxygen atoms in total. The van der Waals surface area contributed by atoms with E-state index in [2.05, 4.69) is 10.3 Å². The maximum Gasteiger partial charge on any atom is 0.349 e. The number of pyridine rings is 1. The molecule has 0 spiro atoms. The van der Waals surface area contributed by atoms with Gasteiger partial charge in [-0.15, -0.1) is 0 Å². The maximum atomic E-state index is 13.5. The van der Waals surface area contributed by atoms with Gasteiger partial charge in [0.15, 0.2) is 30.2 Å². The first-order valence-corrected chi connectivity index (χ1v) is 14.9. The minimum atomic E-state index is -1.50.